The maximum absolute atomic E-state index is 14.5. The molecule has 2 aliphatic rings. The van der Waals surface area contributed by atoms with Crippen molar-refractivity contribution in [3.05, 3.63) is 94.8 Å². The number of carbonyl (C=O) groups is 2. The summed E-state index contributed by atoms with van der Waals surface area (Å²) in [6, 6.07) is 15.2. The predicted molar refractivity (Wildman–Crippen MR) is 127 cm³/mol. The number of anilines is 1. The highest BCUT2D eigenvalue weighted by atomic mass is 32.2. The molecule has 0 bridgehead atoms. The summed E-state index contributed by atoms with van der Waals surface area (Å²) in [5, 5.41) is 0. The molecule has 0 unspecified atom stereocenters. The van der Waals surface area contributed by atoms with Crippen LogP contribution in [0.5, 0.6) is 5.75 Å². The van der Waals surface area contributed by atoms with Crippen molar-refractivity contribution in [1.82, 2.24) is 4.90 Å². The van der Waals surface area contributed by atoms with Crippen molar-refractivity contribution in [3.8, 4) is 5.75 Å². The fourth-order valence-electron chi connectivity index (χ4n) is 4.64. The van der Waals surface area contributed by atoms with Crippen LogP contribution in [-0.4, -0.2) is 36.1 Å². The Morgan fingerprint density at radius 2 is 1.81 bits per heavy atom. The van der Waals surface area contributed by atoms with Gasteiger partial charge in [-0.1, -0.05) is 24.3 Å². The summed E-state index contributed by atoms with van der Waals surface area (Å²) >= 11 is 1.27. The van der Waals surface area contributed by atoms with E-state index in [9.17, 15) is 27.2 Å². The average Bonchev–Trinajstić information content (AvgIpc) is 3.40. The molecule has 0 saturated carbocycles. The summed E-state index contributed by atoms with van der Waals surface area (Å²) in [6.45, 7) is 0.217. The lowest BCUT2D eigenvalue weighted by Gasteiger charge is -2.33. The molecule has 1 atom stereocenters. The Morgan fingerprint density at radius 1 is 1.08 bits per heavy atom. The van der Waals surface area contributed by atoms with Crippen LogP contribution in [0.3, 0.4) is 0 Å². The van der Waals surface area contributed by atoms with E-state index in [4.69, 9.17) is 4.74 Å². The summed E-state index contributed by atoms with van der Waals surface area (Å²) in [4.78, 5) is 28.9. The number of carbonyl (C=O) groups excluding carboxylic acids is 2. The van der Waals surface area contributed by atoms with E-state index in [2.05, 4.69) is 0 Å². The van der Waals surface area contributed by atoms with Gasteiger partial charge in [0, 0.05) is 17.9 Å². The Balaban J connectivity index is 1.57. The van der Waals surface area contributed by atoms with Gasteiger partial charge in [-0.05, 0) is 48.0 Å². The van der Waals surface area contributed by atoms with E-state index in [-0.39, 0.29) is 18.7 Å². The first-order chi connectivity index (χ1) is 17.2. The molecule has 0 aliphatic carbocycles. The van der Waals surface area contributed by atoms with Gasteiger partial charge in [0.05, 0.1) is 30.5 Å². The van der Waals surface area contributed by atoms with Gasteiger partial charge in [0.15, 0.2) is 4.87 Å². The maximum atomic E-state index is 14.5. The zero-order chi connectivity index (χ0) is 25.7. The van der Waals surface area contributed by atoms with Gasteiger partial charge in [-0.25, -0.2) is 4.39 Å². The normalized spacial score (nSPS) is 19.2. The largest absolute Gasteiger partial charge is 0.497 e. The molecule has 2 amide bonds. The summed E-state index contributed by atoms with van der Waals surface area (Å²) in [7, 11) is 1.48. The van der Waals surface area contributed by atoms with E-state index < -0.39 is 34.2 Å². The highest BCUT2D eigenvalue weighted by Gasteiger charge is 2.59. The van der Waals surface area contributed by atoms with Gasteiger partial charge in [0.1, 0.15) is 11.6 Å². The highest BCUT2D eigenvalue weighted by Crippen LogP contribution is 2.55. The number of nitrogens with zero attached hydrogens (tertiary/aromatic N) is 2. The Bertz CT molecular complexity index is 1350. The molecule has 3 aromatic carbocycles. The topological polar surface area (TPSA) is 49.9 Å². The van der Waals surface area contributed by atoms with Crippen LogP contribution in [0.25, 0.3) is 0 Å². The molecule has 2 heterocycles. The van der Waals surface area contributed by atoms with Crippen LogP contribution in [0.4, 0.5) is 23.2 Å². The van der Waals surface area contributed by atoms with Crippen LogP contribution in [0.1, 0.15) is 27.0 Å². The van der Waals surface area contributed by atoms with E-state index in [0.29, 0.717) is 28.3 Å². The van der Waals surface area contributed by atoms with Crippen molar-refractivity contribution >= 4 is 29.3 Å². The monoisotopic (exact) mass is 516 g/mol. The molecule has 5 nitrogen and oxygen atoms in total. The lowest BCUT2D eigenvalue weighted by molar-refractivity contribution is -0.137. The molecular weight excluding hydrogens is 496 g/mol. The fraction of sp³-hybridized carbons (Fsp3) is 0.231. The highest BCUT2D eigenvalue weighted by molar-refractivity contribution is 8.01. The number of alkyl halides is 3. The Kier molecular flexibility index (Phi) is 5.94. The molecule has 1 fully saturated rings. The Labute approximate surface area is 208 Å². The zero-order valence-electron chi connectivity index (χ0n) is 19.0. The molecule has 0 radical (unpaired) electrons. The molecule has 186 valence electrons. The van der Waals surface area contributed by atoms with E-state index in [1.165, 1.54) is 59.0 Å². The van der Waals surface area contributed by atoms with Crippen LogP contribution in [0.15, 0.2) is 66.7 Å². The number of thioether (sulfide) groups is 1. The third kappa shape index (κ3) is 3.80. The number of benzene rings is 3. The van der Waals surface area contributed by atoms with Crippen molar-refractivity contribution in [2.24, 2.45) is 0 Å². The molecule has 2 aliphatic heterocycles. The standard InChI is InChI=1S/C26H20F4N2O3S/c1-35-18-10-11-22-20(14-18)25(32(12-13-36-25)23(33)19-4-2-3-5-21(19)27)24(34)31(22)15-16-6-8-17(9-7-16)26(28,29)30/h2-11,14H,12-13,15H2,1H3/t25-/m1/s1. The van der Waals surface area contributed by atoms with Crippen LogP contribution in [0, 0.1) is 5.82 Å². The number of methoxy groups -OCH3 is 1. The Morgan fingerprint density at radius 3 is 2.47 bits per heavy atom. The molecule has 1 saturated heterocycles. The van der Waals surface area contributed by atoms with E-state index in [1.54, 1.807) is 24.3 Å². The lowest BCUT2D eigenvalue weighted by atomic mass is 10.0. The third-order valence-corrected chi connectivity index (χ3v) is 7.79. The van der Waals surface area contributed by atoms with Gasteiger partial charge in [0.2, 0.25) is 0 Å². The number of amides is 2. The SMILES string of the molecule is COc1ccc2c(c1)[C@@]1(SCCN1C(=O)c1ccccc1F)C(=O)N2Cc1ccc(C(F)(F)F)cc1. The van der Waals surface area contributed by atoms with E-state index in [1.807, 2.05) is 0 Å². The first-order valence-corrected chi connectivity index (χ1v) is 12.0. The molecule has 36 heavy (non-hydrogen) atoms. The second-order valence-electron chi connectivity index (χ2n) is 8.40. The van der Waals surface area contributed by atoms with Gasteiger partial charge in [-0.15, -0.1) is 11.8 Å². The van der Waals surface area contributed by atoms with Crippen LogP contribution in [-0.2, 0) is 22.4 Å². The number of fused-ring (bicyclic) bond motifs is 2. The van der Waals surface area contributed by atoms with E-state index in [0.717, 1.165) is 12.1 Å². The zero-order valence-corrected chi connectivity index (χ0v) is 19.8. The van der Waals surface area contributed by atoms with Crippen LogP contribution in [0.2, 0.25) is 0 Å². The molecule has 3 aromatic rings. The summed E-state index contributed by atoms with van der Waals surface area (Å²) in [6.07, 6.45) is -4.47. The number of halogens is 4. The van der Waals surface area contributed by atoms with Crippen LogP contribution >= 0.6 is 11.8 Å². The summed E-state index contributed by atoms with van der Waals surface area (Å²) in [5.41, 5.74) is 0.601. The summed E-state index contributed by atoms with van der Waals surface area (Å²) in [5.74, 6) is -0.804. The van der Waals surface area contributed by atoms with Crippen molar-refractivity contribution in [2.45, 2.75) is 17.6 Å². The molecule has 5 rings (SSSR count). The molecule has 1 spiro atoms. The van der Waals surface area contributed by atoms with E-state index >= 15 is 0 Å². The maximum Gasteiger partial charge on any atom is 0.416 e. The summed E-state index contributed by atoms with van der Waals surface area (Å²) < 4.78 is 58.9. The van der Waals surface area contributed by atoms with Crippen molar-refractivity contribution in [2.75, 3.05) is 24.3 Å². The smallest absolute Gasteiger partial charge is 0.416 e. The second-order valence-corrected chi connectivity index (χ2v) is 9.69. The average molecular weight is 517 g/mol. The van der Waals surface area contributed by atoms with Crippen LogP contribution < -0.4 is 9.64 Å². The van der Waals surface area contributed by atoms with Crippen molar-refractivity contribution in [1.29, 1.82) is 0 Å². The number of ether oxygens (including phenoxy) is 1. The third-order valence-electron chi connectivity index (χ3n) is 6.37. The van der Waals surface area contributed by atoms with Crippen molar-refractivity contribution in [3.63, 3.8) is 0 Å². The number of hydrogen-bond donors (Lipinski definition) is 0. The molecule has 0 N–H and O–H groups in total. The minimum atomic E-state index is -4.47. The fourth-order valence-corrected chi connectivity index (χ4v) is 6.09. The molecule has 0 aromatic heterocycles. The number of rotatable bonds is 4. The molecule has 10 heteroatoms. The molecular formula is C26H20F4N2O3S. The lowest BCUT2D eigenvalue weighted by Crippen LogP contribution is -2.50. The first kappa shape index (κ1) is 24.2. The van der Waals surface area contributed by atoms with Gasteiger partial charge in [0.25, 0.3) is 11.8 Å². The quantitative estimate of drug-likeness (QED) is 0.434. The van der Waals surface area contributed by atoms with Crippen molar-refractivity contribution < 1.29 is 31.9 Å². The van der Waals surface area contributed by atoms with Gasteiger partial charge < -0.3 is 14.5 Å². The predicted octanol–water partition coefficient (Wildman–Crippen LogP) is 5.44. The Hall–Kier alpha value is -3.53. The van der Waals surface area contributed by atoms with Gasteiger partial charge in [-0.3, -0.25) is 9.59 Å². The first-order valence-electron chi connectivity index (χ1n) is 11.0. The second kappa shape index (κ2) is 8.85. The van der Waals surface area contributed by atoms with Gasteiger partial charge in [-0.2, -0.15) is 13.2 Å². The minimum Gasteiger partial charge on any atom is -0.497 e. The number of hydrogen-bond acceptors (Lipinski definition) is 4. The minimum absolute atomic E-state index is 0.000335. The van der Waals surface area contributed by atoms with Gasteiger partial charge >= 0.3 is 6.18 Å².